The maximum atomic E-state index is 11.9. The van der Waals surface area contributed by atoms with Crippen LogP contribution >= 0.6 is 0 Å². The summed E-state index contributed by atoms with van der Waals surface area (Å²) in [5.74, 6) is -0.423. The summed E-state index contributed by atoms with van der Waals surface area (Å²) in [6.45, 7) is 2.54. The quantitative estimate of drug-likeness (QED) is 0.642. The fourth-order valence-corrected chi connectivity index (χ4v) is 3.07. The Morgan fingerprint density at radius 1 is 1.43 bits per heavy atom. The van der Waals surface area contributed by atoms with Gasteiger partial charge in [-0.1, -0.05) is 12.8 Å². The van der Waals surface area contributed by atoms with Crippen molar-refractivity contribution in [1.82, 2.24) is 0 Å². The molecule has 1 fully saturated rings. The Balaban J connectivity index is 2.40. The molecule has 0 aromatic heterocycles. The van der Waals surface area contributed by atoms with Crippen molar-refractivity contribution in [3.8, 4) is 0 Å². The molecule has 0 radical (unpaired) electrons. The molecule has 0 unspecified atom stereocenters. The molecule has 1 saturated carbocycles. The Labute approximate surface area is 125 Å². The number of carbonyl (C=O) groups is 1. The SMILES string of the molecule is COC(=O)c1cc(N(CCO)C2CCCC2)cc(C)c1N. The lowest BCUT2D eigenvalue weighted by Gasteiger charge is -2.31. The molecule has 5 heteroatoms. The zero-order chi connectivity index (χ0) is 15.4. The van der Waals surface area contributed by atoms with Gasteiger partial charge in [0.05, 0.1) is 19.3 Å². The first-order valence-electron chi connectivity index (χ1n) is 7.44. The maximum Gasteiger partial charge on any atom is 0.340 e. The fraction of sp³-hybridized carbons (Fsp3) is 0.562. The second-order valence-electron chi connectivity index (χ2n) is 5.57. The minimum Gasteiger partial charge on any atom is -0.465 e. The molecule has 0 saturated heterocycles. The number of ether oxygens (including phenoxy) is 1. The number of benzene rings is 1. The van der Waals surface area contributed by atoms with Crippen LogP contribution in [0.4, 0.5) is 11.4 Å². The highest BCUT2D eigenvalue weighted by atomic mass is 16.5. The highest BCUT2D eigenvalue weighted by Gasteiger charge is 2.24. The number of aliphatic hydroxyl groups is 1. The van der Waals surface area contributed by atoms with Gasteiger partial charge in [-0.05, 0) is 37.5 Å². The van der Waals surface area contributed by atoms with Gasteiger partial charge in [-0.2, -0.15) is 0 Å². The number of aliphatic hydroxyl groups excluding tert-OH is 1. The number of anilines is 2. The van der Waals surface area contributed by atoms with E-state index < -0.39 is 5.97 Å². The summed E-state index contributed by atoms with van der Waals surface area (Å²) in [4.78, 5) is 14.1. The summed E-state index contributed by atoms with van der Waals surface area (Å²) in [6, 6.07) is 4.18. The topological polar surface area (TPSA) is 75.8 Å². The van der Waals surface area contributed by atoms with E-state index in [-0.39, 0.29) is 6.61 Å². The number of hydrogen-bond donors (Lipinski definition) is 2. The van der Waals surface area contributed by atoms with Gasteiger partial charge in [-0.25, -0.2) is 4.79 Å². The number of nitrogens with two attached hydrogens (primary N) is 1. The number of carbonyl (C=O) groups excluding carboxylic acids is 1. The van der Waals surface area contributed by atoms with Crippen molar-refractivity contribution in [2.75, 3.05) is 30.9 Å². The Morgan fingerprint density at radius 3 is 2.67 bits per heavy atom. The highest BCUT2D eigenvalue weighted by Crippen LogP contribution is 2.31. The van der Waals surface area contributed by atoms with Crippen LogP contribution in [-0.2, 0) is 4.74 Å². The van der Waals surface area contributed by atoms with Crippen LogP contribution in [0.25, 0.3) is 0 Å². The summed E-state index contributed by atoms with van der Waals surface area (Å²) in [5.41, 5.74) is 8.63. The summed E-state index contributed by atoms with van der Waals surface area (Å²) < 4.78 is 4.81. The third-order valence-electron chi connectivity index (χ3n) is 4.21. The van der Waals surface area contributed by atoms with Crippen molar-refractivity contribution in [3.05, 3.63) is 23.3 Å². The van der Waals surface area contributed by atoms with E-state index in [0.29, 0.717) is 23.8 Å². The van der Waals surface area contributed by atoms with Crippen molar-refractivity contribution in [2.45, 2.75) is 38.6 Å². The molecule has 0 aliphatic heterocycles. The van der Waals surface area contributed by atoms with Gasteiger partial charge < -0.3 is 20.5 Å². The molecule has 21 heavy (non-hydrogen) atoms. The van der Waals surface area contributed by atoms with E-state index >= 15 is 0 Å². The molecule has 0 spiro atoms. The molecule has 0 amide bonds. The van der Waals surface area contributed by atoms with Gasteiger partial charge in [0.1, 0.15) is 0 Å². The zero-order valence-corrected chi connectivity index (χ0v) is 12.8. The number of nitrogen functional groups attached to an aromatic ring is 1. The third kappa shape index (κ3) is 3.29. The average molecular weight is 292 g/mol. The summed E-state index contributed by atoms with van der Waals surface area (Å²) in [7, 11) is 1.35. The second-order valence-corrected chi connectivity index (χ2v) is 5.57. The van der Waals surface area contributed by atoms with E-state index in [1.54, 1.807) is 6.07 Å². The lowest BCUT2D eigenvalue weighted by Crippen LogP contribution is -2.36. The van der Waals surface area contributed by atoms with E-state index in [1.807, 2.05) is 13.0 Å². The molecule has 0 heterocycles. The van der Waals surface area contributed by atoms with Crippen LogP contribution in [0.2, 0.25) is 0 Å². The molecule has 5 nitrogen and oxygen atoms in total. The average Bonchev–Trinajstić information content (AvgIpc) is 3.00. The number of hydrogen-bond acceptors (Lipinski definition) is 5. The van der Waals surface area contributed by atoms with Crippen molar-refractivity contribution in [3.63, 3.8) is 0 Å². The molecular weight excluding hydrogens is 268 g/mol. The number of esters is 1. The van der Waals surface area contributed by atoms with Crippen LogP contribution in [-0.4, -0.2) is 37.4 Å². The highest BCUT2D eigenvalue weighted by molar-refractivity contribution is 5.97. The van der Waals surface area contributed by atoms with Crippen LogP contribution in [0.3, 0.4) is 0 Å². The smallest absolute Gasteiger partial charge is 0.340 e. The van der Waals surface area contributed by atoms with Crippen molar-refractivity contribution >= 4 is 17.3 Å². The minimum absolute atomic E-state index is 0.0908. The second kappa shape index (κ2) is 6.80. The van der Waals surface area contributed by atoms with Gasteiger partial charge in [0.15, 0.2) is 0 Å². The first-order valence-corrected chi connectivity index (χ1v) is 7.44. The molecular formula is C16H24N2O3. The minimum atomic E-state index is -0.423. The van der Waals surface area contributed by atoms with E-state index in [0.717, 1.165) is 24.1 Å². The molecule has 3 N–H and O–H groups in total. The molecule has 2 rings (SSSR count). The normalized spacial score (nSPS) is 15.2. The van der Waals surface area contributed by atoms with E-state index in [1.165, 1.54) is 20.0 Å². The van der Waals surface area contributed by atoms with Crippen molar-refractivity contribution in [1.29, 1.82) is 0 Å². The van der Waals surface area contributed by atoms with E-state index in [9.17, 15) is 9.90 Å². The fourth-order valence-electron chi connectivity index (χ4n) is 3.07. The number of nitrogens with zero attached hydrogens (tertiary/aromatic N) is 1. The Morgan fingerprint density at radius 2 is 2.10 bits per heavy atom. The van der Waals surface area contributed by atoms with Crippen LogP contribution < -0.4 is 10.6 Å². The Hall–Kier alpha value is -1.75. The number of rotatable bonds is 5. The first kappa shape index (κ1) is 15.6. The first-order chi connectivity index (χ1) is 10.1. The lowest BCUT2D eigenvalue weighted by molar-refractivity contribution is 0.0602. The van der Waals surface area contributed by atoms with E-state index in [4.69, 9.17) is 10.5 Å². The number of aryl methyl sites for hydroxylation is 1. The van der Waals surface area contributed by atoms with Crippen LogP contribution in [0, 0.1) is 6.92 Å². The van der Waals surface area contributed by atoms with Crippen LogP contribution in [0.5, 0.6) is 0 Å². The van der Waals surface area contributed by atoms with Crippen molar-refractivity contribution < 1.29 is 14.6 Å². The van der Waals surface area contributed by atoms with Crippen LogP contribution in [0.15, 0.2) is 12.1 Å². The Bertz CT molecular complexity index is 510. The molecule has 1 aromatic carbocycles. The zero-order valence-electron chi connectivity index (χ0n) is 12.8. The maximum absolute atomic E-state index is 11.9. The molecule has 0 bridgehead atoms. The molecule has 1 aliphatic carbocycles. The van der Waals surface area contributed by atoms with Gasteiger partial charge in [-0.15, -0.1) is 0 Å². The van der Waals surface area contributed by atoms with Gasteiger partial charge in [0.25, 0.3) is 0 Å². The van der Waals surface area contributed by atoms with Crippen LogP contribution in [0.1, 0.15) is 41.6 Å². The van der Waals surface area contributed by atoms with Gasteiger partial charge in [0.2, 0.25) is 0 Å². The van der Waals surface area contributed by atoms with Gasteiger partial charge in [-0.3, -0.25) is 0 Å². The Kier molecular flexibility index (Phi) is 5.07. The summed E-state index contributed by atoms with van der Waals surface area (Å²) >= 11 is 0. The molecule has 0 atom stereocenters. The van der Waals surface area contributed by atoms with Crippen molar-refractivity contribution in [2.24, 2.45) is 0 Å². The largest absolute Gasteiger partial charge is 0.465 e. The lowest BCUT2D eigenvalue weighted by atomic mass is 10.0. The number of methoxy groups -OCH3 is 1. The molecule has 1 aromatic rings. The third-order valence-corrected chi connectivity index (χ3v) is 4.21. The van der Waals surface area contributed by atoms with Gasteiger partial charge >= 0.3 is 5.97 Å². The predicted octanol–water partition coefficient (Wildman–Crippen LogP) is 2.11. The summed E-state index contributed by atoms with van der Waals surface area (Å²) in [5, 5.41) is 9.35. The van der Waals surface area contributed by atoms with Gasteiger partial charge in [0, 0.05) is 24.0 Å². The summed E-state index contributed by atoms with van der Waals surface area (Å²) in [6.07, 6.45) is 4.67. The standard InChI is InChI=1S/C16H24N2O3/c1-11-9-13(10-14(15(11)17)16(20)21-2)18(7-8-19)12-5-3-4-6-12/h9-10,12,19H,3-8,17H2,1-2H3. The molecule has 116 valence electrons. The predicted molar refractivity (Wildman–Crippen MR) is 83.6 cm³/mol. The molecule has 1 aliphatic rings. The van der Waals surface area contributed by atoms with E-state index in [2.05, 4.69) is 4.90 Å². The monoisotopic (exact) mass is 292 g/mol.